The van der Waals surface area contributed by atoms with Gasteiger partial charge < -0.3 is 19.5 Å². The predicted molar refractivity (Wildman–Crippen MR) is 165 cm³/mol. The highest BCUT2D eigenvalue weighted by Crippen LogP contribution is 2.38. The zero-order valence-corrected chi connectivity index (χ0v) is 26.9. The highest BCUT2D eigenvalue weighted by Gasteiger charge is 2.35. The van der Waals surface area contributed by atoms with E-state index in [9.17, 15) is 23.1 Å². The number of rotatable bonds is 10. The number of ether oxygens (including phenoxy) is 2. The van der Waals surface area contributed by atoms with Gasteiger partial charge in [0.1, 0.15) is 18.8 Å². The van der Waals surface area contributed by atoms with Crippen LogP contribution in [0.3, 0.4) is 0 Å². The Balaban J connectivity index is 1.62. The summed E-state index contributed by atoms with van der Waals surface area (Å²) in [6.45, 7) is 9.51. The molecule has 11 nitrogen and oxygen atoms in total. The Morgan fingerprint density at radius 1 is 1.18 bits per heavy atom. The Morgan fingerprint density at radius 3 is 2.58 bits per heavy atom. The van der Waals surface area contributed by atoms with Gasteiger partial charge in [-0.05, 0) is 48.2 Å². The van der Waals surface area contributed by atoms with Crippen LogP contribution >= 0.6 is 0 Å². The molecule has 1 aliphatic rings. The number of hydrogen-bond donors (Lipinski definition) is 1. The molecule has 0 aromatic carbocycles. The van der Waals surface area contributed by atoms with E-state index in [4.69, 9.17) is 9.47 Å². The second-order valence-electron chi connectivity index (χ2n) is 12.2. The van der Waals surface area contributed by atoms with Crippen molar-refractivity contribution in [2.45, 2.75) is 58.4 Å². The van der Waals surface area contributed by atoms with Gasteiger partial charge in [-0.25, -0.2) is 19.0 Å². The molecule has 0 spiro atoms. The maximum Gasteiger partial charge on any atom is 0.407 e. The molecule has 0 aliphatic carbocycles. The van der Waals surface area contributed by atoms with E-state index in [1.807, 2.05) is 13.0 Å². The van der Waals surface area contributed by atoms with Gasteiger partial charge in [0.25, 0.3) is 0 Å². The summed E-state index contributed by atoms with van der Waals surface area (Å²) in [4.78, 5) is 21.4. The molecule has 15 heteroatoms. The average Bonchev–Trinajstić information content (AvgIpc) is 3.58. The first-order valence-corrected chi connectivity index (χ1v) is 18.2. The van der Waals surface area contributed by atoms with Gasteiger partial charge in [-0.3, -0.25) is 4.98 Å². The lowest BCUT2D eigenvalue weighted by molar-refractivity contribution is -0.127. The molecule has 0 saturated carbocycles. The molecule has 0 fully saturated rings. The maximum absolute atomic E-state index is 14.2. The molecule has 0 radical (unpaired) electrons. The van der Waals surface area contributed by atoms with Gasteiger partial charge >= 0.3 is 12.3 Å². The molecule has 5 heterocycles. The van der Waals surface area contributed by atoms with Crippen LogP contribution in [0.15, 0.2) is 36.9 Å². The largest absolute Gasteiger partial charge is 0.493 e. The molecular formula is C30H36F3N7O4Si. The highest BCUT2D eigenvalue weighted by molar-refractivity contribution is 6.76. The van der Waals surface area contributed by atoms with Gasteiger partial charge in [0.2, 0.25) is 0 Å². The lowest BCUT2D eigenvalue weighted by Gasteiger charge is -2.24. The summed E-state index contributed by atoms with van der Waals surface area (Å²) < 4.78 is 57.0. The topological polar surface area (TPSA) is 120 Å². The van der Waals surface area contributed by atoms with Gasteiger partial charge in [0.05, 0.1) is 24.9 Å². The second kappa shape index (κ2) is 12.6. The Kier molecular flexibility index (Phi) is 9.03. The van der Waals surface area contributed by atoms with E-state index >= 15 is 0 Å². The molecular weight excluding hydrogens is 607 g/mol. The zero-order chi connectivity index (χ0) is 32.5. The number of aromatic nitrogens is 6. The molecule has 4 aromatic rings. The number of methoxy groups -OCH3 is 1. The van der Waals surface area contributed by atoms with Crippen LogP contribution in [-0.4, -0.2) is 86.5 Å². The summed E-state index contributed by atoms with van der Waals surface area (Å²) in [5.41, 5.74) is 3.93. The molecule has 240 valence electrons. The highest BCUT2D eigenvalue weighted by atomic mass is 28.3. The number of hydrogen-bond acceptors (Lipinski definition) is 7. The number of pyridine rings is 2. The lowest BCUT2D eigenvalue weighted by atomic mass is 9.95. The first-order chi connectivity index (χ1) is 21.2. The zero-order valence-electron chi connectivity index (χ0n) is 25.9. The summed E-state index contributed by atoms with van der Waals surface area (Å²) in [6.07, 6.45) is 0.139. The maximum atomic E-state index is 14.2. The Hall–Kier alpha value is -4.24. The lowest BCUT2D eigenvalue weighted by Crippen LogP contribution is -2.33. The van der Waals surface area contributed by atoms with Crippen molar-refractivity contribution in [1.29, 1.82) is 0 Å². The molecule has 0 unspecified atom stereocenters. The molecule has 1 N–H and O–H groups in total. The van der Waals surface area contributed by atoms with Gasteiger partial charge in [-0.2, -0.15) is 23.4 Å². The number of alkyl halides is 3. The fraction of sp³-hybridized carbons (Fsp3) is 0.433. The molecule has 0 atom stereocenters. The SMILES string of the molecule is COc1cc(-c2c(CC(F)(F)F)c(-c3cc(C)c(C4=CCN(C(=O)O)CC4)cn3)nn2COCC[Si](C)(C)C)cn2ncnc12. The first kappa shape index (κ1) is 32.2. The van der Waals surface area contributed by atoms with E-state index in [1.165, 1.54) is 27.5 Å². The molecule has 0 saturated heterocycles. The smallest absolute Gasteiger partial charge is 0.407 e. The normalized spacial score (nSPS) is 14.2. The van der Waals surface area contributed by atoms with E-state index in [0.717, 1.165) is 22.7 Å². The van der Waals surface area contributed by atoms with Crippen LogP contribution in [0, 0.1) is 6.92 Å². The summed E-state index contributed by atoms with van der Waals surface area (Å²) in [6, 6.07) is 4.23. The van der Waals surface area contributed by atoms with Crippen molar-refractivity contribution >= 4 is 25.4 Å². The third kappa shape index (κ3) is 7.36. The van der Waals surface area contributed by atoms with Crippen LogP contribution in [-0.2, 0) is 17.9 Å². The van der Waals surface area contributed by atoms with Crippen LogP contribution in [0.25, 0.3) is 33.9 Å². The third-order valence-corrected chi connectivity index (χ3v) is 9.36. The quantitative estimate of drug-likeness (QED) is 0.161. The Morgan fingerprint density at radius 2 is 1.96 bits per heavy atom. The predicted octanol–water partition coefficient (Wildman–Crippen LogP) is 6.16. The molecule has 1 aliphatic heterocycles. The first-order valence-electron chi connectivity index (χ1n) is 14.5. The molecule has 4 aromatic heterocycles. The van der Waals surface area contributed by atoms with E-state index in [-0.39, 0.29) is 35.9 Å². The third-order valence-electron chi connectivity index (χ3n) is 7.65. The van der Waals surface area contributed by atoms with Crippen molar-refractivity contribution in [1.82, 2.24) is 34.3 Å². The van der Waals surface area contributed by atoms with Crippen molar-refractivity contribution in [3.05, 3.63) is 53.6 Å². The van der Waals surface area contributed by atoms with Crippen molar-refractivity contribution in [2.75, 3.05) is 26.8 Å². The molecule has 45 heavy (non-hydrogen) atoms. The number of halogens is 3. The fourth-order valence-corrected chi connectivity index (χ4v) is 6.06. The van der Waals surface area contributed by atoms with E-state index in [1.54, 1.807) is 24.5 Å². The van der Waals surface area contributed by atoms with Crippen LogP contribution in [0.4, 0.5) is 18.0 Å². The molecule has 5 rings (SSSR count). The van der Waals surface area contributed by atoms with E-state index in [2.05, 4.69) is 39.8 Å². The minimum absolute atomic E-state index is 0.0496. The fourth-order valence-electron chi connectivity index (χ4n) is 5.30. The Bertz CT molecular complexity index is 1740. The summed E-state index contributed by atoms with van der Waals surface area (Å²) in [5, 5.41) is 18.1. The van der Waals surface area contributed by atoms with Gasteiger partial charge in [0, 0.05) is 51.3 Å². The summed E-state index contributed by atoms with van der Waals surface area (Å²) in [5.74, 6) is 0.345. The van der Waals surface area contributed by atoms with E-state index < -0.39 is 26.8 Å². The average molecular weight is 644 g/mol. The van der Waals surface area contributed by atoms with Crippen LogP contribution in [0.2, 0.25) is 25.7 Å². The number of carboxylic acid groups (broad SMARTS) is 1. The van der Waals surface area contributed by atoms with Crippen LogP contribution < -0.4 is 4.74 Å². The number of fused-ring (bicyclic) bond motifs is 1. The number of nitrogens with zero attached hydrogens (tertiary/aromatic N) is 7. The second-order valence-corrected chi connectivity index (χ2v) is 17.9. The minimum Gasteiger partial charge on any atom is -0.493 e. The summed E-state index contributed by atoms with van der Waals surface area (Å²) in [7, 11) is 0.0414. The van der Waals surface area contributed by atoms with Crippen molar-refractivity contribution in [3.8, 4) is 28.4 Å². The van der Waals surface area contributed by atoms with Crippen LogP contribution in [0.5, 0.6) is 5.75 Å². The van der Waals surface area contributed by atoms with E-state index in [0.29, 0.717) is 36.5 Å². The van der Waals surface area contributed by atoms with Crippen molar-refractivity contribution < 1.29 is 32.5 Å². The number of carbonyl (C=O) groups is 1. The van der Waals surface area contributed by atoms with Gasteiger partial charge in [-0.15, -0.1) is 0 Å². The van der Waals surface area contributed by atoms with Crippen LogP contribution in [0.1, 0.15) is 23.1 Å². The molecule has 0 bridgehead atoms. The van der Waals surface area contributed by atoms with Crippen molar-refractivity contribution in [3.63, 3.8) is 0 Å². The summed E-state index contributed by atoms with van der Waals surface area (Å²) >= 11 is 0. The molecule has 1 amide bonds. The standard InChI is InChI=1S/C30H36F3N7O4Si/c1-19-12-24(34-15-23(19)20-6-8-38(9-7-20)29(41)42)26-22(14-30(31,32)33)27(40(37-26)18-44-10-11-45(3,4)5)21-13-25(43-2)28-35-17-36-39(28)16-21/h6,12-13,15-17H,7-11,14,18H2,1-5H3,(H,41,42). The monoisotopic (exact) mass is 643 g/mol. The van der Waals surface area contributed by atoms with Gasteiger partial charge in [-0.1, -0.05) is 25.7 Å². The minimum atomic E-state index is -4.55. The van der Waals surface area contributed by atoms with Gasteiger partial charge in [0.15, 0.2) is 11.4 Å². The van der Waals surface area contributed by atoms with Crippen molar-refractivity contribution in [2.24, 2.45) is 0 Å². The Labute approximate surface area is 259 Å². The number of aryl methyl sites for hydroxylation is 1. The number of amides is 1.